The summed E-state index contributed by atoms with van der Waals surface area (Å²) in [4.78, 5) is 13.6. The lowest BCUT2D eigenvalue weighted by atomic mass is 10.1. The van der Waals surface area contributed by atoms with Crippen LogP contribution >= 0.6 is 11.6 Å². The molecule has 1 aromatic rings. The predicted octanol–water partition coefficient (Wildman–Crippen LogP) is 1.47. The molecule has 1 aromatic carbocycles. The fourth-order valence-corrected chi connectivity index (χ4v) is 2.14. The normalized spacial score (nSPS) is 17.3. The van der Waals surface area contributed by atoms with E-state index in [0.29, 0.717) is 5.56 Å². The van der Waals surface area contributed by atoms with Gasteiger partial charge in [-0.15, -0.1) is 0 Å². The molecule has 2 rings (SSSR count). The first kappa shape index (κ1) is 11.6. The Morgan fingerprint density at radius 1 is 1.31 bits per heavy atom. The molecule has 0 aliphatic carbocycles. The van der Waals surface area contributed by atoms with Crippen molar-refractivity contribution >= 4 is 16.8 Å². The van der Waals surface area contributed by atoms with Gasteiger partial charge in [-0.3, -0.25) is 9.69 Å². The zero-order valence-electron chi connectivity index (χ0n) is 9.08. The number of benzene rings is 1. The Morgan fingerprint density at radius 2 is 2.00 bits per heavy atom. The summed E-state index contributed by atoms with van der Waals surface area (Å²) < 4.78 is 0. The maximum absolute atomic E-state index is 11.2. The van der Waals surface area contributed by atoms with E-state index in [2.05, 4.69) is 10.2 Å². The van der Waals surface area contributed by atoms with E-state index in [-0.39, 0.29) is 5.24 Å². The fraction of sp³-hybridized carbons (Fsp3) is 0.417. The van der Waals surface area contributed by atoms with Gasteiger partial charge in [0.2, 0.25) is 0 Å². The molecular weight excluding hydrogens is 224 g/mol. The van der Waals surface area contributed by atoms with Crippen molar-refractivity contribution in [2.45, 2.75) is 6.54 Å². The number of hydrogen-bond donors (Lipinski definition) is 1. The molecule has 1 saturated heterocycles. The van der Waals surface area contributed by atoms with E-state index in [1.54, 1.807) is 6.07 Å². The third-order valence-corrected chi connectivity index (χ3v) is 3.04. The highest BCUT2D eigenvalue weighted by Crippen LogP contribution is 2.14. The second-order valence-electron chi connectivity index (χ2n) is 3.96. The highest BCUT2D eigenvalue weighted by atomic mass is 35.5. The van der Waals surface area contributed by atoms with Gasteiger partial charge in [0.05, 0.1) is 0 Å². The molecule has 16 heavy (non-hydrogen) atoms. The summed E-state index contributed by atoms with van der Waals surface area (Å²) in [6, 6.07) is 7.54. The summed E-state index contributed by atoms with van der Waals surface area (Å²) >= 11 is 5.56. The molecule has 3 nitrogen and oxygen atoms in total. The number of carbonyl (C=O) groups is 1. The van der Waals surface area contributed by atoms with Gasteiger partial charge < -0.3 is 5.32 Å². The summed E-state index contributed by atoms with van der Waals surface area (Å²) in [6.45, 7) is 4.86. The topological polar surface area (TPSA) is 32.3 Å². The van der Waals surface area contributed by atoms with Crippen LogP contribution in [0.15, 0.2) is 24.3 Å². The van der Waals surface area contributed by atoms with Gasteiger partial charge in [-0.05, 0) is 23.2 Å². The van der Waals surface area contributed by atoms with Crippen LogP contribution in [0.4, 0.5) is 0 Å². The van der Waals surface area contributed by atoms with Crippen molar-refractivity contribution in [2.75, 3.05) is 26.2 Å². The van der Waals surface area contributed by atoms with Crippen molar-refractivity contribution in [3.8, 4) is 0 Å². The third kappa shape index (κ3) is 2.82. The zero-order chi connectivity index (χ0) is 11.4. The highest BCUT2D eigenvalue weighted by molar-refractivity contribution is 6.67. The molecule has 0 saturated carbocycles. The van der Waals surface area contributed by atoms with Crippen molar-refractivity contribution in [3.63, 3.8) is 0 Å². The molecule has 0 unspecified atom stereocenters. The average molecular weight is 239 g/mol. The van der Waals surface area contributed by atoms with E-state index in [4.69, 9.17) is 11.6 Å². The molecule has 1 heterocycles. The summed E-state index contributed by atoms with van der Waals surface area (Å²) in [5.41, 5.74) is 1.65. The second kappa shape index (κ2) is 5.43. The quantitative estimate of drug-likeness (QED) is 0.810. The molecule has 0 spiro atoms. The van der Waals surface area contributed by atoms with Gasteiger partial charge in [-0.25, -0.2) is 0 Å². The molecule has 4 heteroatoms. The number of nitrogens with one attached hydrogen (secondary N) is 1. The van der Waals surface area contributed by atoms with Crippen molar-refractivity contribution < 1.29 is 4.79 Å². The van der Waals surface area contributed by atoms with Gasteiger partial charge in [0.1, 0.15) is 0 Å². The molecule has 1 fully saturated rings. The lowest BCUT2D eigenvalue weighted by Crippen LogP contribution is -2.43. The zero-order valence-corrected chi connectivity index (χ0v) is 9.83. The van der Waals surface area contributed by atoms with Crippen LogP contribution in [0.3, 0.4) is 0 Å². The number of carbonyl (C=O) groups excluding carboxylic acids is 1. The first-order valence-electron chi connectivity index (χ1n) is 5.48. The van der Waals surface area contributed by atoms with Crippen LogP contribution in [0.1, 0.15) is 15.9 Å². The van der Waals surface area contributed by atoms with Gasteiger partial charge in [0.15, 0.2) is 0 Å². The van der Waals surface area contributed by atoms with Crippen LogP contribution in [0.2, 0.25) is 0 Å². The highest BCUT2D eigenvalue weighted by Gasteiger charge is 2.13. The number of nitrogens with zero attached hydrogens (tertiary/aromatic N) is 1. The molecule has 1 N–H and O–H groups in total. The van der Waals surface area contributed by atoms with Crippen LogP contribution < -0.4 is 5.32 Å². The van der Waals surface area contributed by atoms with Crippen molar-refractivity contribution in [1.29, 1.82) is 0 Å². The standard InChI is InChI=1S/C12H15ClN2O/c13-12(16)11-4-2-1-3-10(11)9-15-7-5-14-6-8-15/h1-4,14H,5-9H2. The van der Waals surface area contributed by atoms with Gasteiger partial charge in [-0.1, -0.05) is 18.2 Å². The average Bonchev–Trinajstić information content (AvgIpc) is 2.31. The number of halogens is 1. The Bertz CT molecular complexity index is 375. The van der Waals surface area contributed by atoms with E-state index >= 15 is 0 Å². The largest absolute Gasteiger partial charge is 0.314 e. The maximum atomic E-state index is 11.2. The fourth-order valence-electron chi connectivity index (χ4n) is 1.96. The number of piperazine rings is 1. The molecule has 0 bridgehead atoms. The molecule has 0 radical (unpaired) electrons. The minimum atomic E-state index is -0.370. The van der Waals surface area contributed by atoms with E-state index in [1.807, 2.05) is 18.2 Å². The molecule has 1 aliphatic heterocycles. The van der Waals surface area contributed by atoms with Crippen LogP contribution in [-0.4, -0.2) is 36.3 Å². The lowest BCUT2D eigenvalue weighted by molar-refractivity contribution is 0.107. The maximum Gasteiger partial charge on any atom is 0.252 e. The first-order valence-corrected chi connectivity index (χ1v) is 5.86. The van der Waals surface area contributed by atoms with E-state index in [1.165, 1.54) is 0 Å². The number of rotatable bonds is 3. The smallest absolute Gasteiger partial charge is 0.252 e. The van der Waals surface area contributed by atoms with Crippen LogP contribution in [-0.2, 0) is 6.54 Å². The van der Waals surface area contributed by atoms with E-state index in [0.717, 1.165) is 38.3 Å². The third-order valence-electron chi connectivity index (χ3n) is 2.83. The minimum Gasteiger partial charge on any atom is -0.314 e. The Morgan fingerprint density at radius 3 is 2.69 bits per heavy atom. The predicted molar refractivity (Wildman–Crippen MR) is 64.8 cm³/mol. The first-order chi connectivity index (χ1) is 7.77. The minimum absolute atomic E-state index is 0.370. The molecule has 86 valence electrons. The summed E-state index contributed by atoms with van der Waals surface area (Å²) in [7, 11) is 0. The van der Waals surface area contributed by atoms with Crippen molar-refractivity contribution in [3.05, 3.63) is 35.4 Å². The molecule has 0 atom stereocenters. The Balaban J connectivity index is 2.10. The van der Waals surface area contributed by atoms with Gasteiger partial charge in [0, 0.05) is 38.3 Å². The molecular formula is C12H15ClN2O. The molecule has 0 aromatic heterocycles. The molecule has 0 amide bonds. The van der Waals surface area contributed by atoms with Gasteiger partial charge in [-0.2, -0.15) is 0 Å². The lowest BCUT2D eigenvalue weighted by Gasteiger charge is -2.27. The van der Waals surface area contributed by atoms with Crippen LogP contribution in [0.25, 0.3) is 0 Å². The number of hydrogen-bond acceptors (Lipinski definition) is 3. The summed E-state index contributed by atoms with van der Waals surface area (Å²) in [6.07, 6.45) is 0. The van der Waals surface area contributed by atoms with Crippen molar-refractivity contribution in [2.24, 2.45) is 0 Å². The van der Waals surface area contributed by atoms with Crippen LogP contribution in [0.5, 0.6) is 0 Å². The second-order valence-corrected chi connectivity index (χ2v) is 4.30. The monoisotopic (exact) mass is 238 g/mol. The van der Waals surface area contributed by atoms with Crippen molar-refractivity contribution in [1.82, 2.24) is 10.2 Å². The van der Waals surface area contributed by atoms with Gasteiger partial charge >= 0.3 is 0 Å². The van der Waals surface area contributed by atoms with E-state index < -0.39 is 0 Å². The van der Waals surface area contributed by atoms with Crippen LogP contribution in [0, 0.1) is 0 Å². The summed E-state index contributed by atoms with van der Waals surface area (Å²) in [5, 5.41) is 2.93. The molecule has 1 aliphatic rings. The Labute approximate surface area is 100 Å². The Kier molecular flexibility index (Phi) is 3.93. The summed E-state index contributed by atoms with van der Waals surface area (Å²) in [5.74, 6) is 0. The SMILES string of the molecule is O=C(Cl)c1ccccc1CN1CCNCC1. The Hall–Kier alpha value is -0.900. The van der Waals surface area contributed by atoms with Gasteiger partial charge in [0.25, 0.3) is 5.24 Å². The van der Waals surface area contributed by atoms with E-state index in [9.17, 15) is 4.79 Å².